The number of fused-ring (bicyclic) bond motifs is 3. The van der Waals surface area contributed by atoms with Gasteiger partial charge in [-0.2, -0.15) is 0 Å². The summed E-state index contributed by atoms with van der Waals surface area (Å²) >= 11 is 0. The average Bonchev–Trinajstić information content (AvgIpc) is 3.13. The van der Waals surface area contributed by atoms with Crippen molar-refractivity contribution in [2.24, 2.45) is 11.8 Å². The second kappa shape index (κ2) is 10.9. The number of amides is 2. The number of rotatable bonds is 10. The van der Waals surface area contributed by atoms with Gasteiger partial charge in [-0.25, -0.2) is 4.79 Å². The zero-order chi connectivity index (χ0) is 24.9. The van der Waals surface area contributed by atoms with Crippen LogP contribution in [0.15, 0.2) is 48.5 Å². The van der Waals surface area contributed by atoms with Crippen LogP contribution in [0.4, 0.5) is 4.79 Å². The first-order valence-corrected chi connectivity index (χ1v) is 12.5. The third-order valence-electron chi connectivity index (χ3n) is 7.55. The summed E-state index contributed by atoms with van der Waals surface area (Å²) in [7, 11) is 0. The second-order valence-corrected chi connectivity index (χ2v) is 9.74. The summed E-state index contributed by atoms with van der Waals surface area (Å²) in [5.74, 6) is -1.33. The van der Waals surface area contributed by atoms with E-state index in [9.17, 15) is 19.5 Å². The quantitative estimate of drug-likeness (QED) is 0.459. The minimum Gasteiger partial charge on any atom is -0.481 e. The van der Waals surface area contributed by atoms with Gasteiger partial charge in [-0.05, 0) is 46.9 Å². The van der Waals surface area contributed by atoms with Crippen molar-refractivity contribution in [3.05, 3.63) is 59.7 Å². The van der Waals surface area contributed by atoms with Gasteiger partial charge in [0.1, 0.15) is 12.6 Å². The Bertz CT molecular complexity index is 1040. The molecule has 0 bridgehead atoms. The summed E-state index contributed by atoms with van der Waals surface area (Å²) in [6.45, 7) is 4.01. The Hall–Kier alpha value is -3.35. The molecule has 0 aromatic heterocycles. The molecule has 0 saturated heterocycles. The first-order chi connectivity index (χ1) is 16.9. The number of carboxylic acid groups (broad SMARTS) is 1. The first-order valence-electron chi connectivity index (χ1n) is 12.5. The van der Waals surface area contributed by atoms with Gasteiger partial charge in [0.25, 0.3) is 0 Å². The number of hydrogen-bond donors (Lipinski definition) is 3. The Balaban J connectivity index is 1.41. The summed E-state index contributed by atoms with van der Waals surface area (Å²) < 4.78 is 5.64. The summed E-state index contributed by atoms with van der Waals surface area (Å²) in [6.07, 6.45) is 2.77. The van der Waals surface area contributed by atoms with Crippen molar-refractivity contribution in [1.29, 1.82) is 0 Å². The average molecular weight is 479 g/mol. The normalized spacial score (nSPS) is 17.3. The van der Waals surface area contributed by atoms with E-state index in [0.717, 1.165) is 41.5 Å². The topological polar surface area (TPSA) is 105 Å². The standard InChI is InChI=1S/C28H34N2O5/c1-3-17(2)26(27(33)29-24(15-25(31)32)18-9-8-10-18)30-28(34)35-16-23-21-13-6-4-11-19(21)20-12-5-7-14-22(20)23/h4-7,11-14,17-18,23-24,26H,3,8-10,15-16H2,1-2H3,(H,29,33)(H,30,34)(H,31,32)/t17-,24?,26-/m0/s1. The van der Waals surface area contributed by atoms with Crippen LogP contribution in [0.3, 0.4) is 0 Å². The van der Waals surface area contributed by atoms with E-state index >= 15 is 0 Å². The Kier molecular flexibility index (Phi) is 7.73. The second-order valence-electron chi connectivity index (χ2n) is 9.74. The molecule has 1 unspecified atom stereocenters. The molecule has 0 aliphatic heterocycles. The fraction of sp³-hybridized carbons (Fsp3) is 0.464. The Morgan fingerprint density at radius 2 is 1.60 bits per heavy atom. The van der Waals surface area contributed by atoms with Crippen molar-refractivity contribution in [2.75, 3.05) is 6.61 Å². The molecular formula is C28H34N2O5. The van der Waals surface area contributed by atoms with Crippen molar-refractivity contribution in [3.8, 4) is 11.1 Å². The lowest BCUT2D eigenvalue weighted by Gasteiger charge is -2.35. The number of benzene rings is 2. The number of hydrogen-bond acceptors (Lipinski definition) is 4. The fourth-order valence-electron chi connectivity index (χ4n) is 5.11. The van der Waals surface area contributed by atoms with Crippen molar-refractivity contribution in [3.63, 3.8) is 0 Å². The third kappa shape index (κ3) is 5.50. The van der Waals surface area contributed by atoms with Gasteiger partial charge in [0.05, 0.1) is 6.42 Å². The number of carboxylic acids is 1. The minimum atomic E-state index is -0.938. The van der Waals surface area contributed by atoms with Gasteiger partial charge >= 0.3 is 12.1 Å². The molecule has 7 heteroatoms. The van der Waals surface area contributed by atoms with Gasteiger partial charge in [-0.15, -0.1) is 0 Å². The molecule has 3 atom stereocenters. The molecule has 4 rings (SSSR count). The number of carbonyl (C=O) groups excluding carboxylic acids is 2. The maximum atomic E-state index is 13.1. The van der Waals surface area contributed by atoms with E-state index in [4.69, 9.17) is 4.74 Å². The summed E-state index contributed by atoms with van der Waals surface area (Å²) in [5, 5.41) is 14.9. The molecule has 2 amide bonds. The monoisotopic (exact) mass is 478 g/mol. The maximum absolute atomic E-state index is 13.1. The highest BCUT2D eigenvalue weighted by Crippen LogP contribution is 2.44. The van der Waals surface area contributed by atoms with Crippen LogP contribution in [-0.2, 0) is 14.3 Å². The van der Waals surface area contributed by atoms with Crippen LogP contribution in [0.5, 0.6) is 0 Å². The highest BCUT2D eigenvalue weighted by molar-refractivity contribution is 5.86. The van der Waals surface area contributed by atoms with Gasteiger partial charge < -0.3 is 20.5 Å². The zero-order valence-electron chi connectivity index (χ0n) is 20.3. The molecule has 35 heavy (non-hydrogen) atoms. The van der Waals surface area contributed by atoms with E-state index in [0.29, 0.717) is 6.42 Å². The smallest absolute Gasteiger partial charge is 0.407 e. The van der Waals surface area contributed by atoms with Crippen molar-refractivity contribution < 1.29 is 24.2 Å². The molecule has 2 aliphatic rings. The Morgan fingerprint density at radius 1 is 1.00 bits per heavy atom. The van der Waals surface area contributed by atoms with Gasteiger partial charge in [-0.1, -0.05) is 75.2 Å². The number of aliphatic carboxylic acids is 1. The molecule has 2 aliphatic carbocycles. The molecule has 7 nitrogen and oxygen atoms in total. The predicted molar refractivity (Wildman–Crippen MR) is 133 cm³/mol. The van der Waals surface area contributed by atoms with E-state index in [1.807, 2.05) is 38.1 Å². The lowest BCUT2D eigenvalue weighted by Crippen LogP contribution is -2.55. The highest BCUT2D eigenvalue weighted by Gasteiger charge is 2.34. The summed E-state index contributed by atoms with van der Waals surface area (Å²) in [4.78, 5) is 37.3. The van der Waals surface area contributed by atoms with Crippen LogP contribution in [-0.4, -0.2) is 41.8 Å². The maximum Gasteiger partial charge on any atom is 0.407 e. The lowest BCUT2D eigenvalue weighted by molar-refractivity contribution is -0.138. The molecule has 1 saturated carbocycles. The number of carbonyl (C=O) groups is 3. The molecule has 3 N–H and O–H groups in total. The molecule has 186 valence electrons. The van der Waals surface area contributed by atoms with Crippen LogP contribution in [0.2, 0.25) is 0 Å². The fourth-order valence-corrected chi connectivity index (χ4v) is 5.11. The van der Waals surface area contributed by atoms with E-state index < -0.39 is 24.1 Å². The molecule has 0 spiro atoms. The predicted octanol–water partition coefficient (Wildman–Crippen LogP) is 4.70. The van der Waals surface area contributed by atoms with Gasteiger partial charge in [0.15, 0.2) is 0 Å². The summed E-state index contributed by atoms with van der Waals surface area (Å²) in [6, 6.07) is 15.0. The van der Waals surface area contributed by atoms with Crippen LogP contribution in [0.1, 0.15) is 63.0 Å². The van der Waals surface area contributed by atoms with Crippen LogP contribution in [0.25, 0.3) is 11.1 Å². The molecule has 2 aromatic rings. The highest BCUT2D eigenvalue weighted by atomic mass is 16.5. The van der Waals surface area contributed by atoms with E-state index in [2.05, 4.69) is 34.9 Å². The van der Waals surface area contributed by atoms with Crippen molar-refractivity contribution in [2.45, 2.75) is 64.0 Å². The number of ether oxygens (including phenoxy) is 1. The lowest BCUT2D eigenvalue weighted by atomic mass is 9.78. The van der Waals surface area contributed by atoms with Crippen molar-refractivity contribution in [1.82, 2.24) is 10.6 Å². The zero-order valence-corrected chi connectivity index (χ0v) is 20.3. The molecular weight excluding hydrogens is 444 g/mol. The number of nitrogens with one attached hydrogen (secondary N) is 2. The minimum absolute atomic E-state index is 0.0670. The molecule has 0 heterocycles. The Morgan fingerprint density at radius 3 is 2.11 bits per heavy atom. The van der Waals surface area contributed by atoms with E-state index in [1.165, 1.54) is 0 Å². The van der Waals surface area contributed by atoms with Crippen LogP contribution in [0, 0.1) is 11.8 Å². The molecule has 1 fully saturated rings. The first kappa shape index (κ1) is 24.8. The SMILES string of the molecule is CC[C@H](C)[C@H](NC(=O)OCC1c2ccccc2-c2ccccc21)C(=O)NC(CC(=O)O)C1CCC1. The van der Waals surface area contributed by atoms with E-state index in [-0.39, 0.29) is 36.7 Å². The Labute approximate surface area is 206 Å². The van der Waals surface area contributed by atoms with Gasteiger partial charge in [0.2, 0.25) is 5.91 Å². The van der Waals surface area contributed by atoms with Crippen LogP contribution >= 0.6 is 0 Å². The number of alkyl carbamates (subject to hydrolysis) is 1. The molecule has 0 radical (unpaired) electrons. The van der Waals surface area contributed by atoms with Crippen LogP contribution < -0.4 is 10.6 Å². The third-order valence-corrected chi connectivity index (χ3v) is 7.55. The largest absolute Gasteiger partial charge is 0.481 e. The molecule has 2 aromatic carbocycles. The van der Waals surface area contributed by atoms with E-state index in [1.54, 1.807) is 0 Å². The van der Waals surface area contributed by atoms with Gasteiger partial charge in [0, 0.05) is 12.0 Å². The summed E-state index contributed by atoms with van der Waals surface area (Å²) in [5.41, 5.74) is 4.54. The van der Waals surface area contributed by atoms with Crippen molar-refractivity contribution >= 4 is 18.0 Å². The van der Waals surface area contributed by atoms with Gasteiger partial charge in [-0.3, -0.25) is 9.59 Å².